The summed E-state index contributed by atoms with van der Waals surface area (Å²) in [5, 5.41) is 0.432. The summed E-state index contributed by atoms with van der Waals surface area (Å²) in [6.07, 6.45) is 3.39. The van der Waals surface area contributed by atoms with Crippen LogP contribution in [0.2, 0.25) is 5.02 Å². The van der Waals surface area contributed by atoms with E-state index in [1.807, 2.05) is 18.2 Å². The highest BCUT2D eigenvalue weighted by Gasteiger charge is 2.34. The van der Waals surface area contributed by atoms with E-state index >= 15 is 0 Å². The molecular weight excluding hydrogens is 627 g/mol. The lowest BCUT2D eigenvalue weighted by molar-refractivity contribution is -0.139. The van der Waals surface area contributed by atoms with Crippen molar-refractivity contribution in [2.75, 3.05) is 20.3 Å². The predicted molar refractivity (Wildman–Crippen MR) is 153 cm³/mol. The van der Waals surface area contributed by atoms with Gasteiger partial charge in [0.15, 0.2) is 16.3 Å². The first kappa shape index (κ1) is 27.2. The summed E-state index contributed by atoms with van der Waals surface area (Å²) < 4.78 is 19.6. The Labute approximate surface area is 236 Å². The van der Waals surface area contributed by atoms with Gasteiger partial charge in [-0.2, -0.15) is 0 Å². The second-order valence-electron chi connectivity index (χ2n) is 7.95. The second-order valence-corrected chi connectivity index (χ2v) is 10.6. The SMILES string of the molecule is C=CCOc1c(/C=c2\sc3n(c2=O)[C@@H](c2ccccc2Cl)C(C(=O)OCC)=C(C)N=3)cc(I)cc1OC. The number of rotatable bonds is 8. The molecule has 0 bridgehead atoms. The molecule has 1 aromatic heterocycles. The fraction of sp³-hybridized carbons (Fsp3) is 0.222. The van der Waals surface area contributed by atoms with Crippen molar-refractivity contribution in [3.05, 3.63) is 99.7 Å². The first-order chi connectivity index (χ1) is 17.8. The normalized spacial score (nSPS) is 15.2. The number of aromatic nitrogens is 1. The van der Waals surface area contributed by atoms with Crippen LogP contribution >= 0.6 is 45.5 Å². The maximum Gasteiger partial charge on any atom is 0.338 e. The lowest BCUT2D eigenvalue weighted by Gasteiger charge is -2.25. The van der Waals surface area contributed by atoms with Crippen LogP contribution in [-0.4, -0.2) is 30.9 Å². The summed E-state index contributed by atoms with van der Waals surface area (Å²) in [6.45, 7) is 7.64. The predicted octanol–water partition coefficient (Wildman–Crippen LogP) is 4.63. The van der Waals surface area contributed by atoms with Crippen LogP contribution in [0.1, 0.15) is 31.0 Å². The molecule has 2 aromatic carbocycles. The molecule has 0 unspecified atom stereocenters. The van der Waals surface area contributed by atoms with E-state index in [-0.39, 0.29) is 24.3 Å². The minimum atomic E-state index is -0.784. The first-order valence-electron chi connectivity index (χ1n) is 11.4. The number of carbonyl (C=O) groups is 1. The summed E-state index contributed by atoms with van der Waals surface area (Å²) in [6, 6.07) is 10.1. The van der Waals surface area contributed by atoms with Gasteiger partial charge in [-0.25, -0.2) is 9.79 Å². The van der Waals surface area contributed by atoms with E-state index in [2.05, 4.69) is 34.2 Å². The fourth-order valence-corrected chi connectivity index (χ4v) is 5.96. The second kappa shape index (κ2) is 11.7. The number of methoxy groups -OCH3 is 1. The maximum atomic E-state index is 13.9. The Morgan fingerprint density at radius 3 is 2.76 bits per heavy atom. The Hall–Kier alpha value is -2.89. The number of nitrogens with zero attached hydrogens (tertiary/aromatic N) is 2. The van der Waals surface area contributed by atoms with Crippen LogP contribution in [0.5, 0.6) is 11.5 Å². The van der Waals surface area contributed by atoms with Gasteiger partial charge in [-0.05, 0) is 66.3 Å². The van der Waals surface area contributed by atoms with Crippen LogP contribution in [-0.2, 0) is 9.53 Å². The smallest absolute Gasteiger partial charge is 0.338 e. The molecule has 0 aliphatic carbocycles. The van der Waals surface area contributed by atoms with Crippen LogP contribution in [0.15, 0.2) is 70.1 Å². The van der Waals surface area contributed by atoms with E-state index in [0.717, 1.165) is 3.57 Å². The van der Waals surface area contributed by atoms with Crippen LogP contribution < -0.4 is 24.4 Å². The summed E-state index contributed by atoms with van der Waals surface area (Å²) in [4.78, 5) is 32.0. The third-order valence-corrected chi connectivity index (χ3v) is 7.57. The van der Waals surface area contributed by atoms with Crippen molar-refractivity contribution >= 4 is 57.6 Å². The van der Waals surface area contributed by atoms with Crippen LogP contribution in [0, 0.1) is 3.57 Å². The number of thiazole rings is 1. The van der Waals surface area contributed by atoms with Crippen LogP contribution in [0.4, 0.5) is 0 Å². The topological polar surface area (TPSA) is 79.1 Å². The van der Waals surface area contributed by atoms with Crippen LogP contribution in [0.25, 0.3) is 6.08 Å². The molecule has 0 radical (unpaired) electrons. The molecule has 0 fully saturated rings. The largest absolute Gasteiger partial charge is 0.493 e. The van der Waals surface area contributed by atoms with Gasteiger partial charge in [-0.3, -0.25) is 9.36 Å². The average Bonchev–Trinajstić information content (AvgIpc) is 3.17. The van der Waals surface area contributed by atoms with E-state index in [4.69, 9.17) is 25.8 Å². The Balaban J connectivity index is 1.99. The molecule has 0 N–H and O–H groups in total. The third-order valence-electron chi connectivity index (χ3n) is 5.62. The van der Waals surface area contributed by atoms with Crippen molar-refractivity contribution < 1.29 is 19.0 Å². The molecule has 0 spiro atoms. The number of hydrogen-bond donors (Lipinski definition) is 0. The summed E-state index contributed by atoms with van der Waals surface area (Å²) >= 11 is 9.97. The zero-order chi connectivity index (χ0) is 26.7. The quantitative estimate of drug-likeness (QED) is 0.202. The Morgan fingerprint density at radius 1 is 1.32 bits per heavy atom. The Kier molecular flexibility index (Phi) is 8.56. The zero-order valence-electron chi connectivity index (χ0n) is 20.4. The van der Waals surface area contributed by atoms with Crippen molar-refractivity contribution in [1.82, 2.24) is 4.57 Å². The van der Waals surface area contributed by atoms with E-state index < -0.39 is 12.0 Å². The van der Waals surface area contributed by atoms with Gasteiger partial charge in [0.1, 0.15) is 12.6 Å². The Morgan fingerprint density at radius 2 is 2.08 bits per heavy atom. The van der Waals surface area contributed by atoms with Crippen molar-refractivity contribution in [1.29, 1.82) is 0 Å². The number of esters is 1. The van der Waals surface area contributed by atoms with Gasteiger partial charge < -0.3 is 14.2 Å². The number of ether oxygens (including phenoxy) is 3. The number of allylic oxidation sites excluding steroid dienone is 1. The Bertz CT molecular complexity index is 1590. The maximum absolute atomic E-state index is 13.9. The minimum Gasteiger partial charge on any atom is -0.493 e. The molecule has 0 saturated heterocycles. The van der Waals surface area contributed by atoms with Crippen molar-refractivity contribution in [3.63, 3.8) is 0 Å². The van der Waals surface area contributed by atoms with Gasteiger partial charge in [-0.15, -0.1) is 0 Å². The lowest BCUT2D eigenvalue weighted by Crippen LogP contribution is -2.40. The molecule has 3 aromatic rings. The fourth-order valence-electron chi connectivity index (χ4n) is 4.07. The molecule has 1 aliphatic heterocycles. The first-order valence-corrected chi connectivity index (χ1v) is 13.6. The molecule has 0 amide bonds. The zero-order valence-corrected chi connectivity index (χ0v) is 24.1. The van der Waals surface area contributed by atoms with Gasteiger partial charge in [0.05, 0.1) is 29.5 Å². The monoisotopic (exact) mass is 650 g/mol. The average molecular weight is 651 g/mol. The molecule has 1 aliphatic rings. The third kappa shape index (κ3) is 5.39. The van der Waals surface area contributed by atoms with Gasteiger partial charge in [0.25, 0.3) is 5.56 Å². The van der Waals surface area contributed by atoms with Crippen LogP contribution in [0.3, 0.4) is 0 Å². The molecule has 192 valence electrons. The van der Waals surface area contributed by atoms with Crippen molar-refractivity contribution in [2.45, 2.75) is 19.9 Å². The molecule has 1 atom stereocenters. The van der Waals surface area contributed by atoms with E-state index in [9.17, 15) is 9.59 Å². The number of benzene rings is 2. The van der Waals surface area contributed by atoms with Gasteiger partial charge in [0.2, 0.25) is 0 Å². The molecular formula is C27H24ClIN2O5S. The highest BCUT2D eigenvalue weighted by molar-refractivity contribution is 14.1. The number of fused-ring (bicyclic) bond motifs is 1. The van der Waals surface area contributed by atoms with Gasteiger partial charge >= 0.3 is 5.97 Å². The van der Waals surface area contributed by atoms with E-state index in [1.54, 1.807) is 51.3 Å². The molecule has 2 heterocycles. The summed E-state index contributed by atoms with van der Waals surface area (Å²) in [5.41, 5.74) is 1.73. The molecule has 7 nitrogen and oxygen atoms in total. The number of carbonyl (C=O) groups excluding carboxylic acids is 1. The molecule has 37 heavy (non-hydrogen) atoms. The molecule has 4 rings (SSSR count). The van der Waals surface area contributed by atoms with E-state index in [1.165, 1.54) is 15.9 Å². The molecule has 10 heteroatoms. The van der Waals surface area contributed by atoms with Crippen molar-refractivity contribution in [3.8, 4) is 11.5 Å². The lowest BCUT2D eigenvalue weighted by atomic mass is 9.96. The highest BCUT2D eigenvalue weighted by atomic mass is 127. The van der Waals surface area contributed by atoms with Crippen molar-refractivity contribution in [2.24, 2.45) is 4.99 Å². The van der Waals surface area contributed by atoms with Gasteiger partial charge in [-0.1, -0.05) is 53.8 Å². The van der Waals surface area contributed by atoms with E-state index in [0.29, 0.717) is 42.7 Å². The highest BCUT2D eigenvalue weighted by Crippen LogP contribution is 2.35. The van der Waals surface area contributed by atoms with Gasteiger partial charge in [0, 0.05) is 14.2 Å². The summed E-state index contributed by atoms with van der Waals surface area (Å²) in [7, 11) is 1.56. The number of hydrogen-bond acceptors (Lipinski definition) is 7. The minimum absolute atomic E-state index is 0.192. The molecule has 0 saturated carbocycles. The number of halogens is 2. The summed E-state index contributed by atoms with van der Waals surface area (Å²) in [5.74, 6) is 0.507. The standard InChI is InChI=1S/C27H24ClIN2O5S/c1-5-11-36-24-16(12-17(29)14-20(24)34-4)13-21-25(32)31-23(18-9-7-8-10-19(18)28)22(26(33)35-6-2)15(3)30-27(31)37-21/h5,7-10,12-14,23H,1,6,11H2,2-4H3/b21-13-/t23-/m0/s1.